The van der Waals surface area contributed by atoms with Gasteiger partial charge in [0.2, 0.25) is 0 Å². The van der Waals surface area contributed by atoms with Gasteiger partial charge in [-0.05, 0) is 32.3 Å². The van der Waals surface area contributed by atoms with Crippen molar-refractivity contribution in [2.75, 3.05) is 18.0 Å². The molecule has 4 heteroatoms. The minimum atomic E-state index is -0.692. The minimum Gasteiger partial charge on any atom is -0.389 e. The molecule has 2 aliphatic rings. The van der Waals surface area contributed by atoms with Crippen LogP contribution in [-0.4, -0.2) is 28.9 Å². The van der Waals surface area contributed by atoms with Crippen LogP contribution < -0.4 is 4.90 Å². The number of fused-ring (bicyclic) bond motifs is 1. The fourth-order valence-corrected chi connectivity index (χ4v) is 3.98. The Morgan fingerprint density at radius 2 is 2.14 bits per heavy atom. The Kier molecular flexibility index (Phi) is 3.93. The number of hydrogen-bond donors (Lipinski definition) is 2. The topological polar surface area (TPSA) is 43.7 Å². The molecular weight excluding hydrogens is 269 g/mol. The predicted molar refractivity (Wildman–Crippen MR) is 80.8 cm³/mol. The highest BCUT2D eigenvalue weighted by Gasteiger charge is 2.43. The summed E-state index contributed by atoms with van der Waals surface area (Å²) in [5, 5.41) is 20.6. The van der Waals surface area contributed by atoms with Gasteiger partial charge in [-0.3, -0.25) is 0 Å². The Bertz CT molecular complexity index is 520. The van der Waals surface area contributed by atoms with Crippen LogP contribution in [0.3, 0.4) is 0 Å². The van der Waals surface area contributed by atoms with Gasteiger partial charge >= 0.3 is 0 Å². The molecular formula is C17H24FNO2. The van der Waals surface area contributed by atoms with Crippen LogP contribution in [0, 0.1) is 11.7 Å². The Hall–Kier alpha value is -1.13. The number of rotatable bonds is 2. The van der Waals surface area contributed by atoms with Crippen LogP contribution in [0.5, 0.6) is 0 Å². The van der Waals surface area contributed by atoms with E-state index in [2.05, 4.69) is 0 Å². The van der Waals surface area contributed by atoms with Crippen LogP contribution in [-0.2, 0) is 0 Å². The molecule has 1 aliphatic carbocycles. The number of piperidine rings is 1. The Balaban J connectivity index is 1.89. The van der Waals surface area contributed by atoms with E-state index in [1.165, 1.54) is 6.07 Å². The number of anilines is 1. The molecule has 1 aromatic rings. The van der Waals surface area contributed by atoms with Gasteiger partial charge in [-0.15, -0.1) is 0 Å². The van der Waals surface area contributed by atoms with Gasteiger partial charge in [-0.1, -0.05) is 25.0 Å². The molecule has 1 saturated carbocycles. The summed E-state index contributed by atoms with van der Waals surface area (Å²) >= 11 is 0. The number of para-hydroxylation sites is 1. The van der Waals surface area contributed by atoms with E-state index in [1.54, 1.807) is 19.1 Å². The normalized spacial score (nSPS) is 30.9. The first-order valence-electron chi connectivity index (χ1n) is 7.95. The summed E-state index contributed by atoms with van der Waals surface area (Å²) in [6, 6.07) is 4.87. The van der Waals surface area contributed by atoms with Gasteiger partial charge in [-0.25, -0.2) is 4.39 Å². The van der Waals surface area contributed by atoms with Gasteiger partial charge in [0.25, 0.3) is 0 Å². The lowest BCUT2D eigenvalue weighted by atomic mass is 9.71. The summed E-state index contributed by atoms with van der Waals surface area (Å²) in [4.78, 5) is 2.02. The lowest BCUT2D eigenvalue weighted by Gasteiger charge is -2.48. The monoisotopic (exact) mass is 293 g/mol. The molecule has 0 radical (unpaired) electrons. The van der Waals surface area contributed by atoms with Crippen molar-refractivity contribution in [2.24, 2.45) is 5.92 Å². The Morgan fingerprint density at radius 1 is 1.33 bits per heavy atom. The number of nitrogens with zero attached hydrogens (tertiary/aromatic N) is 1. The molecule has 1 saturated heterocycles. The lowest BCUT2D eigenvalue weighted by Crippen LogP contribution is -2.53. The molecule has 2 fully saturated rings. The maximum absolute atomic E-state index is 14.3. The van der Waals surface area contributed by atoms with E-state index in [9.17, 15) is 14.6 Å². The lowest BCUT2D eigenvalue weighted by molar-refractivity contribution is -0.0614. The van der Waals surface area contributed by atoms with Crippen LogP contribution in [0.25, 0.3) is 0 Å². The van der Waals surface area contributed by atoms with Crippen molar-refractivity contribution in [3.8, 4) is 0 Å². The van der Waals surface area contributed by atoms with Crippen LogP contribution >= 0.6 is 0 Å². The third-order valence-electron chi connectivity index (χ3n) is 5.21. The second-order valence-corrected chi connectivity index (χ2v) is 6.60. The molecule has 2 N–H and O–H groups in total. The summed E-state index contributed by atoms with van der Waals surface area (Å²) < 4.78 is 14.3. The summed E-state index contributed by atoms with van der Waals surface area (Å²) in [6.07, 6.45) is 4.10. The van der Waals surface area contributed by atoms with Gasteiger partial charge in [0, 0.05) is 24.6 Å². The highest BCUT2D eigenvalue weighted by molar-refractivity contribution is 5.56. The van der Waals surface area contributed by atoms with Crippen molar-refractivity contribution >= 4 is 5.69 Å². The van der Waals surface area contributed by atoms with E-state index in [1.807, 2.05) is 4.90 Å². The fourth-order valence-electron chi connectivity index (χ4n) is 3.98. The van der Waals surface area contributed by atoms with E-state index < -0.39 is 11.7 Å². The molecule has 3 rings (SSSR count). The molecule has 0 bridgehead atoms. The zero-order valence-electron chi connectivity index (χ0n) is 12.6. The van der Waals surface area contributed by atoms with Crippen molar-refractivity contribution in [2.45, 2.75) is 50.7 Å². The van der Waals surface area contributed by atoms with Crippen LogP contribution in [0.1, 0.15) is 50.7 Å². The molecule has 21 heavy (non-hydrogen) atoms. The number of hydrogen-bond acceptors (Lipinski definition) is 3. The predicted octanol–water partition coefficient (Wildman–Crippen LogP) is 3.01. The molecule has 1 aliphatic heterocycles. The van der Waals surface area contributed by atoms with Gasteiger partial charge in [0.1, 0.15) is 5.82 Å². The third kappa shape index (κ3) is 2.67. The molecule has 0 spiro atoms. The maximum atomic E-state index is 14.3. The van der Waals surface area contributed by atoms with Crippen molar-refractivity contribution in [3.05, 3.63) is 29.6 Å². The Labute approximate surface area is 125 Å². The van der Waals surface area contributed by atoms with Crippen LogP contribution in [0.2, 0.25) is 0 Å². The van der Waals surface area contributed by atoms with Gasteiger partial charge in [0.15, 0.2) is 0 Å². The van der Waals surface area contributed by atoms with Gasteiger partial charge < -0.3 is 15.1 Å². The molecule has 0 aromatic heterocycles. The molecule has 0 amide bonds. The largest absolute Gasteiger partial charge is 0.389 e. The summed E-state index contributed by atoms with van der Waals surface area (Å²) in [5.74, 6) is -0.0731. The first kappa shape index (κ1) is 14.8. The average Bonchev–Trinajstić information content (AvgIpc) is 2.46. The number of halogens is 1. The van der Waals surface area contributed by atoms with Crippen molar-refractivity contribution < 1.29 is 14.6 Å². The van der Waals surface area contributed by atoms with E-state index in [-0.39, 0.29) is 11.7 Å². The van der Waals surface area contributed by atoms with Crippen molar-refractivity contribution in [3.63, 3.8) is 0 Å². The summed E-state index contributed by atoms with van der Waals surface area (Å²) in [5.41, 5.74) is 0.585. The van der Waals surface area contributed by atoms with E-state index in [0.717, 1.165) is 25.7 Å². The smallest absolute Gasteiger partial charge is 0.146 e. The second-order valence-electron chi connectivity index (χ2n) is 6.60. The maximum Gasteiger partial charge on any atom is 0.146 e. The zero-order chi connectivity index (χ0) is 15.0. The molecule has 3 atom stereocenters. The summed E-state index contributed by atoms with van der Waals surface area (Å²) in [6.45, 7) is 2.99. The Morgan fingerprint density at radius 3 is 2.90 bits per heavy atom. The minimum absolute atomic E-state index is 0.210. The highest BCUT2D eigenvalue weighted by atomic mass is 19.1. The van der Waals surface area contributed by atoms with E-state index in [0.29, 0.717) is 30.8 Å². The number of aliphatic hydroxyl groups is 2. The number of benzene rings is 1. The first-order chi connectivity index (χ1) is 10.0. The van der Waals surface area contributed by atoms with Crippen LogP contribution in [0.15, 0.2) is 18.2 Å². The highest BCUT2D eigenvalue weighted by Crippen LogP contribution is 2.42. The standard InChI is InChI=1S/C17H24FNO2/c1-12(20)14-6-4-7-15(18)16(14)19-10-9-17(21)8-3-2-5-13(17)11-19/h4,6-7,12-13,20-21H,2-3,5,8-11H2,1H3/t12-,13?,17?/m1/s1. The van der Waals surface area contributed by atoms with E-state index in [4.69, 9.17) is 0 Å². The molecule has 1 aromatic carbocycles. The molecule has 3 nitrogen and oxygen atoms in total. The number of aliphatic hydroxyl groups excluding tert-OH is 1. The van der Waals surface area contributed by atoms with Crippen LogP contribution in [0.4, 0.5) is 10.1 Å². The first-order valence-corrected chi connectivity index (χ1v) is 7.95. The molecule has 1 heterocycles. The molecule has 2 unspecified atom stereocenters. The molecule has 116 valence electrons. The average molecular weight is 293 g/mol. The zero-order valence-corrected chi connectivity index (χ0v) is 12.6. The van der Waals surface area contributed by atoms with Gasteiger partial charge in [-0.2, -0.15) is 0 Å². The third-order valence-corrected chi connectivity index (χ3v) is 5.21. The fraction of sp³-hybridized carbons (Fsp3) is 0.647. The SMILES string of the molecule is C[C@@H](O)c1cccc(F)c1N1CCC2(O)CCCCC2C1. The van der Waals surface area contributed by atoms with Crippen molar-refractivity contribution in [1.82, 2.24) is 0 Å². The second kappa shape index (κ2) is 5.58. The summed E-state index contributed by atoms with van der Waals surface area (Å²) in [7, 11) is 0. The van der Waals surface area contributed by atoms with Crippen molar-refractivity contribution in [1.29, 1.82) is 0 Å². The van der Waals surface area contributed by atoms with E-state index >= 15 is 0 Å². The van der Waals surface area contributed by atoms with Gasteiger partial charge in [0.05, 0.1) is 17.4 Å². The quantitative estimate of drug-likeness (QED) is 0.881.